The van der Waals surface area contributed by atoms with E-state index in [0.29, 0.717) is 6.42 Å². The number of carbonyl (C=O) groups excluding carboxylic acids is 1. The van der Waals surface area contributed by atoms with E-state index in [0.717, 1.165) is 44.9 Å². The molecule has 0 fully saturated rings. The first-order valence-corrected chi connectivity index (χ1v) is 13.8. The molecule has 0 aromatic heterocycles. The Balaban J connectivity index is 3.33. The first-order valence-electron chi connectivity index (χ1n) is 13.8. The molecule has 0 rings (SSSR count). The molecule has 32 heavy (non-hydrogen) atoms. The van der Waals surface area contributed by atoms with Crippen molar-refractivity contribution in [1.29, 1.82) is 0 Å². The molecule has 3 nitrogen and oxygen atoms in total. The quantitative estimate of drug-likeness (QED) is 0.0907. The zero-order chi connectivity index (χ0) is 23.5. The number of hydrogen-bond acceptors (Lipinski definition) is 3. The summed E-state index contributed by atoms with van der Waals surface area (Å²) in [5.41, 5.74) is 0. The monoisotopic (exact) mass is 450 g/mol. The predicted octanol–water partition coefficient (Wildman–Crippen LogP) is 8.84. The van der Waals surface area contributed by atoms with E-state index in [4.69, 9.17) is 0 Å². The van der Waals surface area contributed by atoms with Crippen LogP contribution in [0.15, 0.2) is 24.3 Å². The second-order valence-corrected chi connectivity index (χ2v) is 9.29. The van der Waals surface area contributed by atoms with E-state index >= 15 is 0 Å². The summed E-state index contributed by atoms with van der Waals surface area (Å²) in [4.78, 5) is 11.0. The zero-order valence-electron chi connectivity index (χ0n) is 21.5. The third-order valence-corrected chi connectivity index (χ3v) is 6.16. The molecule has 1 atom stereocenters. The summed E-state index contributed by atoms with van der Waals surface area (Å²) < 4.78 is 4.63. The summed E-state index contributed by atoms with van der Waals surface area (Å²) in [7, 11) is 1.44. The molecular weight excluding hydrogens is 396 g/mol. The van der Waals surface area contributed by atoms with Gasteiger partial charge in [-0.15, -0.1) is 0 Å². The van der Waals surface area contributed by atoms with Gasteiger partial charge < -0.3 is 9.84 Å². The van der Waals surface area contributed by atoms with E-state index in [2.05, 4.69) is 23.8 Å². The van der Waals surface area contributed by atoms with E-state index in [1.165, 1.54) is 90.6 Å². The minimum Gasteiger partial charge on any atom is -0.469 e. The van der Waals surface area contributed by atoms with Gasteiger partial charge in [0.1, 0.15) is 0 Å². The van der Waals surface area contributed by atoms with Crippen LogP contribution in [0.5, 0.6) is 0 Å². The van der Waals surface area contributed by atoms with Crippen molar-refractivity contribution in [2.24, 2.45) is 0 Å². The van der Waals surface area contributed by atoms with Gasteiger partial charge in [0.15, 0.2) is 0 Å². The Morgan fingerprint density at radius 3 is 1.78 bits per heavy atom. The Hall–Kier alpha value is -1.09. The van der Waals surface area contributed by atoms with Crippen LogP contribution in [-0.2, 0) is 9.53 Å². The number of esters is 1. The molecule has 0 heterocycles. The molecular formula is C29H54O3. The molecule has 188 valence electrons. The lowest BCUT2D eigenvalue weighted by Crippen LogP contribution is -2.01. The van der Waals surface area contributed by atoms with Gasteiger partial charge in [0, 0.05) is 6.42 Å². The van der Waals surface area contributed by atoms with E-state index in [1.54, 1.807) is 0 Å². The standard InChI is InChI=1S/C29H54O3/c1-3-4-5-6-7-8-9-10-11-12-13-14-15-16-17-19-22-25-28(30)26-23-20-18-21-24-27-29(31)32-2/h17,19,22,25,28,30H,3-16,18,20-21,23-24,26-27H2,1-2H3/b19-17+,25-22+/t28-/m1/s1. The van der Waals surface area contributed by atoms with Crippen LogP contribution in [-0.4, -0.2) is 24.3 Å². The molecule has 0 amide bonds. The summed E-state index contributed by atoms with van der Waals surface area (Å²) in [5.74, 6) is -0.118. The Labute approximate surface area is 200 Å². The van der Waals surface area contributed by atoms with Gasteiger partial charge in [-0.05, 0) is 25.7 Å². The normalized spacial score (nSPS) is 12.7. The van der Waals surface area contributed by atoms with Crippen LogP contribution in [0, 0.1) is 0 Å². The smallest absolute Gasteiger partial charge is 0.305 e. The molecule has 0 bridgehead atoms. The molecule has 0 aromatic rings. The summed E-state index contributed by atoms with van der Waals surface area (Å²) in [6.07, 6.45) is 33.7. The molecule has 0 aliphatic rings. The number of aliphatic hydroxyl groups is 1. The number of unbranched alkanes of at least 4 members (excludes halogenated alkanes) is 17. The second-order valence-electron chi connectivity index (χ2n) is 9.29. The third-order valence-electron chi connectivity index (χ3n) is 6.16. The van der Waals surface area contributed by atoms with E-state index < -0.39 is 0 Å². The van der Waals surface area contributed by atoms with Crippen molar-refractivity contribution in [3.05, 3.63) is 24.3 Å². The fourth-order valence-electron chi connectivity index (χ4n) is 4.00. The number of hydrogen-bond donors (Lipinski definition) is 1. The molecule has 0 aromatic carbocycles. The zero-order valence-corrected chi connectivity index (χ0v) is 21.5. The highest BCUT2D eigenvalue weighted by Gasteiger charge is 2.01. The number of methoxy groups -OCH3 is 1. The van der Waals surface area contributed by atoms with E-state index in [9.17, 15) is 9.90 Å². The number of carbonyl (C=O) groups is 1. The molecule has 3 heteroatoms. The molecule has 0 spiro atoms. The minimum absolute atomic E-state index is 0.118. The molecule has 0 aliphatic carbocycles. The topological polar surface area (TPSA) is 46.5 Å². The van der Waals surface area contributed by atoms with Crippen molar-refractivity contribution in [2.45, 2.75) is 148 Å². The van der Waals surface area contributed by atoms with Crippen molar-refractivity contribution < 1.29 is 14.6 Å². The first-order chi connectivity index (χ1) is 15.7. The molecule has 0 saturated carbocycles. The maximum absolute atomic E-state index is 11.0. The van der Waals surface area contributed by atoms with Gasteiger partial charge in [0.25, 0.3) is 0 Å². The molecule has 0 radical (unpaired) electrons. The van der Waals surface area contributed by atoms with Crippen LogP contribution in [0.1, 0.15) is 142 Å². The lowest BCUT2D eigenvalue weighted by Gasteiger charge is -2.05. The summed E-state index contributed by atoms with van der Waals surface area (Å²) in [6, 6.07) is 0. The fraction of sp³-hybridized carbons (Fsp3) is 0.828. The number of allylic oxidation sites excluding steroid dienone is 3. The highest BCUT2D eigenvalue weighted by molar-refractivity contribution is 5.68. The lowest BCUT2D eigenvalue weighted by molar-refractivity contribution is -0.140. The lowest BCUT2D eigenvalue weighted by atomic mass is 10.0. The summed E-state index contributed by atoms with van der Waals surface area (Å²) in [5, 5.41) is 10.0. The van der Waals surface area contributed by atoms with Crippen LogP contribution in [0.25, 0.3) is 0 Å². The van der Waals surface area contributed by atoms with Crippen LogP contribution in [0.2, 0.25) is 0 Å². The Bertz CT molecular complexity index is 442. The molecule has 1 N–H and O–H groups in total. The number of aliphatic hydroxyl groups excluding tert-OH is 1. The van der Waals surface area contributed by atoms with Crippen LogP contribution < -0.4 is 0 Å². The minimum atomic E-state index is -0.342. The average molecular weight is 451 g/mol. The van der Waals surface area contributed by atoms with Gasteiger partial charge in [-0.1, -0.05) is 134 Å². The van der Waals surface area contributed by atoms with Crippen molar-refractivity contribution in [3.63, 3.8) is 0 Å². The highest BCUT2D eigenvalue weighted by Crippen LogP contribution is 2.13. The SMILES string of the molecule is CCCCCCCCCCCCCCC/C=C/C=C/[C@@H](O)CCCCCCCC(=O)OC. The Kier molecular flexibility index (Phi) is 25.3. The van der Waals surface area contributed by atoms with E-state index in [1.807, 2.05) is 12.2 Å². The third kappa shape index (κ3) is 25.2. The molecule has 0 unspecified atom stereocenters. The average Bonchev–Trinajstić information content (AvgIpc) is 2.80. The predicted molar refractivity (Wildman–Crippen MR) is 139 cm³/mol. The Morgan fingerprint density at radius 2 is 1.22 bits per heavy atom. The molecule has 0 aliphatic heterocycles. The number of rotatable bonds is 24. The van der Waals surface area contributed by atoms with Gasteiger partial charge in [0.05, 0.1) is 13.2 Å². The van der Waals surface area contributed by atoms with Crippen molar-refractivity contribution in [2.75, 3.05) is 7.11 Å². The largest absolute Gasteiger partial charge is 0.469 e. The van der Waals surface area contributed by atoms with Crippen molar-refractivity contribution >= 4 is 5.97 Å². The maximum atomic E-state index is 11.0. The summed E-state index contributed by atoms with van der Waals surface area (Å²) in [6.45, 7) is 2.28. The van der Waals surface area contributed by atoms with Gasteiger partial charge in [-0.25, -0.2) is 0 Å². The second kappa shape index (κ2) is 26.2. The van der Waals surface area contributed by atoms with Gasteiger partial charge in [-0.2, -0.15) is 0 Å². The van der Waals surface area contributed by atoms with E-state index in [-0.39, 0.29) is 12.1 Å². The van der Waals surface area contributed by atoms with Gasteiger partial charge in [-0.3, -0.25) is 4.79 Å². The van der Waals surface area contributed by atoms with Crippen LogP contribution in [0.3, 0.4) is 0 Å². The fourth-order valence-corrected chi connectivity index (χ4v) is 4.00. The van der Waals surface area contributed by atoms with Crippen molar-refractivity contribution in [3.8, 4) is 0 Å². The first kappa shape index (κ1) is 30.9. The van der Waals surface area contributed by atoms with Crippen LogP contribution >= 0.6 is 0 Å². The maximum Gasteiger partial charge on any atom is 0.305 e. The highest BCUT2D eigenvalue weighted by atomic mass is 16.5. The Morgan fingerprint density at radius 1 is 0.719 bits per heavy atom. The van der Waals surface area contributed by atoms with Gasteiger partial charge >= 0.3 is 5.97 Å². The number of ether oxygens (including phenoxy) is 1. The van der Waals surface area contributed by atoms with Gasteiger partial charge in [0.2, 0.25) is 0 Å². The van der Waals surface area contributed by atoms with Crippen molar-refractivity contribution in [1.82, 2.24) is 0 Å². The van der Waals surface area contributed by atoms with Crippen LogP contribution in [0.4, 0.5) is 0 Å². The summed E-state index contributed by atoms with van der Waals surface area (Å²) >= 11 is 0. The molecule has 0 saturated heterocycles.